The molecule has 0 fully saturated rings. The van der Waals surface area contributed by atoms with Crippen molar-refractivity contribution < 1.29 is 4.79 Å². The van der Waals surface area contributed by atoms with Crippen molar-refractivity contribution in [2.75, 3.05) is 0 Å². The van der Waals surface area contributed by atoms with Crippen LogP contribution in [-0.4, -0.2) is 29.3 Å². The Labute approximate surface area is 82.3 Å². The Hall–Kier alpha value is -0.370. The van der Waals surface area contributed by atoms with E-state index in [-0.39, 0.29) is 0 Å². The van der Waals surface area contributed by atoms with Gasteiger partial charge in [0.15, 0.2) is 0 Å². The van der Waals surface area contributed by atoms with E-state index in [1.165, 1.54) is 0 Å². The van der Waals surface area contributed by atoms with Gasteiger partial charge in [0.1, 0.15) is 6.29 Å². The molecule has 13 heavy (non-hydrogen) atoms. The minimum Gasteiger partial charge on any atom is -0.303 e. The molecular formula is C11H23NO. The van der Waals surface area contributed by atoms with Crippen LogP contribution in [0.1, 0.15) is 47.5 Å². The van der Waals surface area contributed by atoms with Crippen molar-refractivity contribution in [3.8, 4) is 0 Å². The van der Waals surface area contributed by atoms with Crippen molar-refractivity contribution >= 4 is 6.29 Å². The smallest absolute Gasteiger partial charge is 0.120 e. The molecule has 2 heteroatoms. The Kier molecular flexibility index (Phi) is 5.97. The molecule has 2 nitrogen and oxygen atoms in total. The van der Waals surface area contributed by atoms with Gasteiger partial charge >= 0.3 is 0 Å². The third kappa shape index (κ3) is 4.41. The molecule has 0 aromatic rings. The average molecular weight is 185 g/mol. The molecule has 0 saturated heterocycles. The van der Waals surface area contributed by atoms with Gasteiger partial charge in [-0.2, -0.15) is 0 Å². The molecule has 0 amide bonds. The van der Waals surface area contributed by atoms with E-state index < -0.39 is 0 Å². The molecule has 0 spiro atoms. The molecule has 0 aliphatic rings. The summed E-state index contributed by atoms with van der Waals surface area (Å²) in [6.07, 6.45) is 2.66. The summed E-state index contributed by atoms with van der Waals surface area (Å²) in [7, 11) is 0. The van der Waals surface area contributed by atoms with Crippen molar-refractivity contribution in [3.63, 3.8) is 0 Å². The van der Waals surface area contributed by atoms with Crippen LogP contribution < -0.4 is 0 Å². The lowest BCUT2D eigenvalue weighted by molar-refractivity contribution is -0.108. The topological polar surface area (TPSA) is 20.3 Å². The van der Waals surface area contributed by atoms with Crippen LogP contribution in [0.2, 0.25) is 0 Å². The van der Waals surface area contributed by atoms with Crippen molar-refractivity contribution in [2.45, 2.75) is 65.6 Å². The van der Waals surface area contributed by atoms with Crippen molar-refractivity contribution in [1.82, 2.24) is 4.90 Å². The SMILES string of the molecule is CC(C)N(C(C)C)C(C)CCC=O. The molecule has 0 bridgehead atoms. The number of hydrogen-bond acceptors (Lipinski definition) is 2. The highest BCUT2D eigenvalue weighted by molar-refractivity contribution is 5.49. The molecule has 0 heterocycles. The van der Waals surface area contributed by atoms with Crippen LogP contribution in [0.3, 0.4) is 0 Å². The van der Waals surface area contributed by atoms with E-state index in [0.717, 1.165) is 12.7 Å². The molecule has 78 valence electrons. The van der Waals surface area contributed by atoms with Gasteiger partial charge in [-0.3, -0.25) is 4.90 Å². The summed E-state index contributed by atoms with van der Waals surface area (Å²) in [5.41, 5.74) is 0. The monoisotopic (exact) mass is 185 g/mol. The molecule has 0 aliphatic carbocycles. The third-order valence-electron chi connectivity index (χ3n) is 2.40. The Balaban J connectivity index is 4.11. The van der Waals surface area contributed by atoms with Crippen molar-refractivity contribution in [2.24, 2.45) is 0 Å². The Morgan fingerprint density at radius 2 is 1.54 bits per heavy atom. The predicted octanol–water partition coefficient (Wildman–Crippen LogP) is 2.47. The standard InChI is InChI=1S/C11H23NO/c1-9(2)12(10(3)4)11(5)7-6-8-13/h8-11H,6-7H2,1-5H3. The maximum atomic E-state index is 10.3. The minimum atomic E-state index is 0.505. The molecule has 1 atom stereocenters. The number of carbonyl (C=O) groups excluding carboxylic acids is 1. The van der Waals surface area contributed by atoms with E-state index in [1.54, 1.807) is 0 Å². The highest BCUT2D eigenvalue weighted by Crippen LogP contribution is 2.13. The summed E-state index contributed by atoms with van der Waals surface area (Å²) < 4.78 is 0. The number of nitrogens with zero attached hydrogens (tertiary/aromatic N) is 1. The fourth-order valence-corrected chi connectivity index (χ4v) is 2.07. The summed E-state index contributed by atoms with van der Waals surface area (Å²) in [4.78, 5) is 12.7. The molecule has 0 aromatic heterocycles. The second-order valence-electron chi connectivity index (χ2n) is 4.23. The Morgan fingerprint density at radius 3 is 1.85 bits per heavy atom. The van der Waals surface area contributed by atoms with E-state index in [4.69, 9.17) is 0 Å². The minimum absolute atomic E-state index is 0.505. The zero-order chi connectivity index (χ0) is 10.4. The van der Waals surface area contributed by atoms with Gasteiger partial charge in [0.05, 0.1) is 0 Å². The molecule has 0 radical (unpaired) electrons. The summed E-state index contributed by atoms with van der Waals surface area (Å²) >= 11 is 0. The quantitative estimate of drug-likeness (QED) is 0.592. The molecule has 0 aromatic carbocycles. The van der Waals surface area contributed by atoms with Crippen LogP contribution in [0.4, 0.5) is 0 Å². The van der Waals surface area contributed by atoms with Crippen LogP contribution in [0.5, 0.6) is 0 Å². The maximum Gasteiger partial charge on any atom is 0.120 e. The molecule has 0 saturated carbocycles. The number of rotatable bonds is 6. The van der Waals surface area contributed by atoms with Crippen LogP contribution in [0.15, 0.2) is 0 Å². The van der Waals surface area contributed by atoms with E-state index in [0.29, 0.717) is 24.5 Å². The molecule has 0 N–H and O–H groups in total. The summed E-state index contributed by atoms with van der Waals surface area (Å²) in [5, 5.41) is 0. The van der Waals surface area contributed by atoms with Crippen molar-refractivity contribution in [1.29, 1.82) is 0 Å². The zero-order valence-corrected chi connectivity index (χ0v) is 9.58. The van der Waals surface area contributed by atoms with Crippen LogP contribution >= 0.6 is 0 Å². The Morgan fingerprint density at radius 1 is 1.08 bits per heavy atom. The normalized spacial score (nSPS) is 14.2. The first-order chi connectivity index (χ1) is 6.00. The zero-order valence-electron chi connectivity index (χ0n) is 9.58. The Bertz CT molecular complexity index is 135. The van der Waals surface area contributed by atoms with Gasteiger partial charge in [0.2, 0.25) is 0 Å². The number of hydrogen-bond donors (Lipinski definition) is 0. The van der Waals surface area contributed by atoms with Gasteiger partial charge in [-0.25, -0.2) is 0 Å². The molecule has 1 unspecified atom stereocenters. The van der Waals surface area contributed by atoms with Gasteiger partial charge < -0.3 is 4.79 Å². The van der Waals surface area contributed by atoms with Gasteiger partial charge in [-0.05, 0) is 41.0 Å². The first-order valence-corrected chi connectivity index (χ1v) is 5.21. The number of aldehydes is 1. The highest BCUT2D eigenvalue weighted by Gasteiger charge is 2.19. The van der Waals surface area contributed by atoms with E-state index in [1.807, 2.05) is 0 Å². The van der Waals surface area contributed by atoms with Gasteiger partial charge in [0, 0.05) is 24.5 Å². The molecule has 0 aliphatic heterocycles. The van der Waals surface area contributed by atoms with Gasteiger partial charge in [-0.1, -0.05) is 0 Å². The summed E-state index contributed by atoms with van der Waals surface area (Å²) in [6, 6.07) is 1.62. The lowest BCUT2D eigenvalue weighted by Crippen LogP contribution is -2.43. The van der Waals surface area contributed by atoms with Crippen LogP contribution in [0.25, 0.3) is 0 Å². The lowest BCUT2D eigenvalue weighted by Gasteiger charge is -2.36. The maximum absolute atomic E-state index is 10.3. The fraction of sp³-hybridized carbons (Fsp3) is 0.909. The molecular weight excluding hydrogens is 162 g/mol. The summed E-state index contributed by atoms with van der Waals surface area (Å²) in [6.45, 7) is 11.0. The number of carbonyl (C=O) groups is 1. The second-order valence-corrected chi connectivity index (χ2v) is 4.23. The second kappa shape index (κ2) is 6.14. The molecule has 0 rings (SSSR count). The lowest BCUT2D eigenvalue weighted by atomic mass is 10.1. The predicted molar refractivity (Wildman–Crippen MR) is 56.9 cm³/mol. The van der Waals surface area contributed by atoms with E-state index in [2.05, 4.69) is 39.5 Å². The van der Waals surface area contributed by atoms with Crippen molar-refractivity contribution in [3.05, 3.63) is 0 Å². The average Bonchev–Trinajstić information content (AvgIpc) is 1.99. The van der Waals surface area contributed by atoms with E-state index in [9.17, 15) is 4.79 Å². The van der Waals surface area contributed by atoms with Crippen LogP contribution in [-0.2, 0) is 4.79 Å². The van der Waals surface area contributed by atoms with E-state index >= 15 is 0 Å². The van der Waals surface area contributed by atoms with Gasteiger partial charge in [0.25, 0.3) is 0 Å². The largest absolute Gasteiger partial charge is 0.303 e. The third-order valence-corrected chi connectivity index (χ3v) is 2.40. The first kappa shape index (κ1) is 12.6. The van der Waals surface area contributed by atoms with Gasteiger partial charge in [-0.15, -0.1) is 0 Å². The van der Waals surface area contributed by atoms with Crippen LogP contribution in [0, 0.1) is 0 Å². The fourth-order valence-electron chi connectivity index (χ4n) is 2.07. The summed E-state index contributed by atoms with van der Waals surface area (Å²) in [5.74, 6) is 0. The highest BCUT2D eigenvalue weighted by atomic mass is 16.1. The first-order valence-electron chi connectivity index (χ1n) is 5.21.